The number of benzene rings is 1. The third kappa shape index (κ3) is 1.66. The molecule has 0 saturated heterocycles. The van der Waals surface area contributed by atoms with Crippen LogP contribution in [0.4, 0.5) is 0 Å². The second kappa shape index (κ2) is 3.68. The van der Waals surface area contributed by atoms with Crippen molar-refractivity contribution in [1.82, 2.24) is 0 Å². The zero-order chi connectivity index (χ0) is 11.9. The fraction of sp³-hybridized carbons (Fsp3) is 0.364. The number of aliphatic hydroxyl groups excluding tert-OH is 1. The van der Waals surface area contributed by atoms with Gasteiger partial charge in [0.15, 0.2) is 0 Å². The molecule has 16 heavy (non-hydrogen) atoms. The van der Waals surface area contributed by atoms with Crippen LogP contribution in [0.15, 0.2) is 33.6 Å². The first-order valence-electron chi connectivity index (χ1n) is 5.06. The van der Waals surface area contributed by atoms with Gasteiger partial charge in [-0.25, -0.2) is 0 Å². The maximum Gasteiger partial charge on any atom is 0.283 e. The minimum absolute atomic E-state index is 0.234. The van der Waals surface area contributed by atoms with Gasteiger partial charge in [0.25, 0.3) is 10.0 Å². The molecular formula is C11H13NO3S. The van der Waals surface area contributed by atoms with Gasteiger partial charge in [0.1, 0.15) is 0 Å². The lowest BCUT2D eigenvalue weighted by Crippen LogP contribution is -2.22. The van der Waals surface area contributed by atoms with Crippen molar-refractivity contribution in [3.63, 3.8) is 0 Å². The summed E-state index contributed by atoms with van der Waals surface area (Å²) >= 11 is 0. The Morgan fingerprint density at radius 1 is 1.25 bits per heavy atom. The van der Waals surface area contributed by atoms with Gasteiger partial charge in [0.2, 0.25) is 0 Å². The first-order chi connectivity index (χ1) is 7.43. The van der Waals surface area contributed by atoms with Crippen molar-refractivity contribution in [3.05, 3.63) is 29.8 Å². The van der Waals surface area contributed by atoms with Gasteiger partial charge in [-0.1, -0.05) is 25.1 Å². The third-order valence-corrected chi connectivity index (χ3v) is 4.16. The highest BCUT2D eigenvalue weighted by atomic mass is 32.2. The highest BCUT2D eigenvalue weighted by Crippen LogP contribution is 2.29. The van der Waals surface area contributed by atoms with Gasteiger partial charge >= 0.3 is 0 Å². The Kier molecular flexibility index (Phi) is 2.59. The first-order valence-corrected chi connectivity index (χ1v) is 6.50. The van der Waals surface area contributed by atoms with E-state index in [0.717, 1.165) is 0 Å². The second-order valence-electron chi connectivity index (χ2n) is 3.98. The van der Waals surface area contributed by atoms with Crippen LogP contribution in [0.1, 0.15) is 19.4 Å². The van der Waals surface area contributed by atoms with E-state index < -0.39 is 16.1 Å². The van der Waals surface area contributed by atoms with E-state index in [0.29, 0.717) is 11.3 Å². The molecule has 0 aliphatic carbocycles. The van der Waals surface area contributed by atoms with Crippen molar-refractivity contribution >= 4 is 15.7 Å². The van der Waals surface area contributed by atoms with Gasteiger partial charge in [0.05, 0.1) is 16.7 Å². The van der Waals surface area contributed by atoms with E-state index in [4.69, 9.17) is 0 Å². The van der Waals surface area contributed by atoms with E-state index >= 15 is 0 Å². The lowest BCUT2D eigenvalue weighted by atomic mass is 9.94. The van der Waals surface area contributed by atoms with Crippen molar-refractivity contribution < 1.29 is 13.5 Å². The molecule has 2 atom stereocenters. The molecule has 1 aliphatic rings. The lowest BCUT2D eigenvalue weighted by molar-refractivity contribution is 0.165. The molecule has 1 aromatic rings. The Labute approximate surface area is 94.7 Å². The van der Waals surface area contributed by atoms with Crippen LogP contribution < -0.4 is 0 Å². The van der Waals surface area contributed by atoms with Crippen LogP contribution in [0, 0.1) is 5.92 Å². The molecule has 0 amide bonds. The summed E-state index contributed by atoms with van der Waals surface area (Å²) in [7, 11) is -3.56. The highest BCUT2D eigenvalue weighted by Gasteiger charge is 2.32. The number of fused-ring (bicyclic) bond motifs is 1. The van der Waals surface area contributed by atoms with E-state index in [1.807, 2.05) is 0 Å². The summed E-state index contributed by atoms with van der Waals surface area (Å²) in [6.45, 7) is 3.39. The summed E-state index contributed by atoms with van der Waals surface area (Å²) in [6.07, 6.45) is -0.625. The van der Waals surface area contributed by atoms with Gasteiger partial charge in [-0.3, -0.25) is 0 Å². The highest BCUT2D eigenvalue weighted by molar-refractivity contribution is 7.90. The van der Waals surface area contributed by atoms with Crippen LogP contribution in [0.3, 0.4) is 0 Å². The topological polar surface area (TPSA) is 66.7 Å². The number of aliphatic hydroxyl groups is 1. The van der Waals surface area contributed by atoms with E-state index in [9.17, 15) is 13.5 Å². The molecule has 2 rings (SSSR count). The monoisotopic (exact) mass is 239 g/mol. The SMILES string of the molecule is CC(O)C(C)C1=NS(=O)(=O)c2ccccc21. The number of hydrogen-bond donors (Lipinski definition) is 1. The fourth-order valence-electron chi connectivity index (χ4n) is 1.69. The maximum absolute atomic E-state index is 11.7. The predicted molar refractivity (Wildman–Crippen MR) is 61.0 cm³/mol. The summed E-state index contributed by atoms with van der Waals surface area (Å²) in [4.78, 5) is 0.234. The summed E-state index contributed by atoms with van der Waals surface area (Å²) < 4.78 is 27.2. The molecule has 1 aliphatic heterocycles. The number of sulfonamides is 1. The van der Waals surface area contributed by atoms with Gasteiger partial charge in [-0.05, 0) is 13.0 Å². The Hall–Kier alpha value is -1.20. The normalized spacial score (nSPS) is 21.1. The van der Waals surface area contributed by atoms with Crippen LogP contribution in [0.5, 0.6) is 0 Å². The van der Waals surface area contributed by atoms with E-state index in [1.54, 1.807) is 32.0 Å². The van der Waals surface area contributed by atoms with Crippen molar-refractivity contribution in [2.75, 3.05) is 0 Å². The minimum atomic E-state index is -3.56. The molecule has 0 spiro atoms. The third-order valence-electron chi connectivity index (χ3n) is 2.81. The largest absolute Gasteiger partial charge is 0.393 e. The molecule has 5 heteroatoms. The molecule has 0 saturated carbocycles. The van der Waals surface area contributed by atoms with Crippen LogP contribution in [0.2, 0.25) is 0 Å². The van der Waals surface area contributed by atoms with Crippen molar-refractivity contribution in [2.24, 2.45) is 10.3 Å². The van der Waals surface area contributed by atoms with Crippen LogP contribution >= 0.6 is 0 Å². The number of rotatable bonds is 2. The second-order valence-corrected chi connectivity index (χ2v) is 5.55. The standard InChI is InChI=1S/C11H13NO3S/c1-7(8(2)13)11-9-5-3-4-6-10(9)16(14,15)12-11/h3-8,13H,1-2H3. The Morgan fingerprint density at radius 3 is 2.50 bits per heavy atom. The summed E-state index contributed by atoms with van der Waals surface area (Å²) in [5.74, 6) is -0.293. The van der Waals surface area contributed by atoms with Gasteiger partial charge in [-0.15, -0.1) is 0 Å². The maximum atomic E-state index is 11.7. The van der Waals surface area contributed by atoms with Crippen molar-refractivity contribution in [2.45, 2.75) is 24.8 Å². The average molecular weight is 239 g/mol. The van der Waals surface area contributed by atoms with E-state index in [2.05, 4.69) is 4.40 Å². The fourth-order valence-corrected chi connectivity index (χ4v) is 3.01. The molecule has 2 unspecified atom stereocenters. The van der Waals surface area contributed by atoms with Crippen LogP contribution in [0.25, 0.3) is 0 Å². The average Bonchev–Trinajstić information content (AvgIpc) is 2.51. The molecule has 4 nitrogen and oxygen atoms in total. The zero-order valence-electron chi connectivity index (χ0n) is 9.08. The molecule has 1 heterocycles. The quantitative estimate of drug-likeness (QED) is 0.843. The molecule has 86 valence electrons. The Bertz CT molecular complexity index is 546. The molecule has 0 radical (unpaired) electrons. The molecule has 0 bridgehead atoms. The molecule has 1 aromatic carbocycles. The molecule has 0 aromatic heterocycles. The van der Waals surface area contributed by atoms with E-state index in [1.165, 1.54) is 6.07 Å². The summed E-state index contributed by atoms with van der Waals surface area (Å²) in [5, 5.41) is 9.50. The molecule has 1 N–H and O–H groups in total. The van der Waals surface area contributed by atoms with Gasteiger partial charge in [-0.2, -0.15) is 12.8 Å². The predicted octanol–water partition coefficient (Wildman–Crippen LogP) is 1.19. The molecule has 0 fully saturated rings. The number of hydrogen-bond acceptors (Lipinski definition) is 3. The zero-order valence-corrected chi connectivity index (χ0v) is 9.90. The summed E-state index contributed by atoms with van der Waals surface area (Å²) in [5.41, 5.74) is 1.06. The van der Waals surface area contributed by atoms with Crippen LogP contribution in [-0.4, -0.2) is 25.3 Å². The Balaban J connectivity index is 2.60. The van der Waals surface area contributed by atoms with Crippen molar-refractivity contribution in [1.29, 1.82) is 0 Å². The van der Waals surface area contributed by atoms with Crippen molar-refractivity contribution in [3.8, 4) is 0 Å². The minimum Gasteiger partial charge on any atom is -0.393 e. The first kappa shape index (κ1) is 11.3. The smallest absolute Gasteiger partial charge is 0.283 e. The van der Waals surface area contributed by atoms with Gasteiger partial charge in [0, 0.05) is 11.5 Å². The van der Waals surface area contributed by atoms with E-state index in [-0.39, 0.29) is 10.8 Å². The number of nitrogens with zero attached hydrogens (tertiary/aromatic N) is 1. The molecular weight excluding hydrogens is 226 g/mol. The summed E-state index contributed by atoms with van der Waals surface area (Å²) in [6, 6.07) is 6.69. The lowest BCUT2D eigenvalue weighted by Gasteiger charge is -2.14. The van der Waals surface area contributed by atoms with Gasteiger partial charge < -0.3 is 5.11 Å². The Morgan fingerprint density at radius 2 is 1.88 bits per heavy atom. The van der Waals surface area contributed by atoms with Crippen LogP contribution in [-0.2, 0) is 10.0 Å².